The Labute approximate surface area is 179 Å². The zero-order chi connectivity index (χ0) is 22.1. The van der Waals surface area contributed by atoms with E-state index in [0.717, 1.165) is 24.7 Å². The molecule has 0 aromatic rings. The van der Waals surface area contributed by atoms with Crippen LogP contribution >= 0.6 is 0 Å². The van der Waals surface area contributed by atoms with E-state index in [-0.39, 0.29) is 34.2 Å². The van der Waals surface area contributed by atoms with Crippen molar-refractivity contribution in [3.05, 3.63) is 22.7 Å². The maximum atomic E-state index is 12.0. The lowest BCUT2D eigenvalue weighted by atomic mass is 9.67. The van der Waals surface area contributed by atoms with Gasteiger partial charge in [0, 0.05) is 18.9 Å². The summed E-state index contributed by atoms with van der Waals surface area (Å²) in [6.07, 6.45) is 12.2. The van der Waals surface area contributed by atoms with Gasteiger partial charge in [0.2, 0.25) is 0 Å². The lowest BCUT2D eigenvalue weighted by molar-refractivity contribution is -0.114. The van der Waals surface area contributed by atoms with Gasteiger partial charge in [0.15, 0.2) is 11.6 Å². The molecule has 3 atom stereocenters. The SMILES string of the molecule is CC(=O)C(/C=N/CC/N=C/C(C(C)=O)=C(\O)CC1CCC2CCCCC2C1)=C(\C)O. The first-order chi connectivity index (χ1) is 14.3. The van der Waals surface area contributed by atoms with Crippen LogP contribution in [0.5, 0.6) is 0 Å². The molecule has 0 spiro atoms. The van der Waals surface area contributed by atoms with Crippen molar-refractivity contribution in [1.82, 2.24) is 0 Å². The topological polar surface area (TPSA) is 99.3 Å². The van der Waals surface area contributed by atoms with Gasteiger partial charge in [-0.15, -0.1) is 0 Å². The van der Waals surface area contributed by atoms with E-state index in [1.807, 2.05) is 0 Å². The molecule has 6 nitrogen and oxygen atoms in total. The number of Topliss-reactive ketones (excluding diaryl/α,β-unsaturated/α-hetero) is 2. The second-order valence-corrected chi connectivity index (χ2v) is 8.73. The van der Waals surface area contributed by atoms with Crippen molar-refractivity contribution in [2.45, 2.75) is 72.1 Å². The minimum atomic E-state index is -0.253. The van der Waals surface area contributed by atoms with Gasteiger partial charge < -0.3 is 10.2 Å². The van der Waals surface area contributed by atoms with Crippen LogP contribution in [0.3, 0.4) is 0 Å². The quantitative estimate of drug-likeness (QED) is 0.240. The molecule has 166 valence electrons. The van der Waals surface area contributed by atoms with E-state index in [9.17, 15) is 19.8 Å². The maximum absolute atomic E-state index is 12.0. The molecule has 0 saturated heterocycles. The summed E-state index contributed by atoms with van der Waals surface area (Å²) in [6.45, 7) is 4.89. The van der Waals surface area contributed by atoms with Gasteiger partial charge in [-0.3, -0.25) is 19.6 Å². The molecule has 0 heterocycles. The van der Waals surface area contributed by atoms with Crippen molar-refractivity contribution in [3.63, 3.8) is 0 Å². The van der Waals surface area contributed by atoms with Gasteiger partial charge in [0.05, 0.1) is 24.2 Å². The molecule has 2 aliphatic rings. The molecule has 2 fully saturated rings. The minimum absolute atomic E-state index is 0.0660. The van der Waals surface area contributed by atoms with Crippen LogP contribution in [0.25, 0.3) is 0 Å². The van der Waals surface area contributed by atoms with E-state index in [2.05, 4.69) is 9.98 Å². The van der Waals surface area contributed by atoms with Gasteiger partial charge >= 0.3 is 0 Å². The fourth-order valence-electron chi connectivity index (χ4n) is 4.77. The lowest BCUT2D eigenvalue weighted by Gasteiger charge is -2.39. The first-order valence-electron chi connectivity index (χ1n) is 11.1. The number of hydrogen-bond acceptors (Lipinski definition) is 6. The highest BCUT2D eigenvalue weighted by Crippen LogP contribution is 2.44. The Balaban J connectivity index is 1.90. The maximum Gasteiger partial charge on any atom is 0.164 e. The number of fused-ring (bicyclic) bond motifs is 1. The summed E-state index contributed by atoms with van der Waals surface area (Å²) >= 11 is 0. The minimum Gasteiger partial charge on any atom is -0.512 e. The smallest absolute Gasteiger partial charge is 0.164 e. The molecule has 0 bridgehead atoms. The standard InChI is InChI=1S/C24H36N2O4/c1-16(27)22(17(2)28)14-25-10-11-26-15-23(18(3)29)24(30)13-19-8-9-20-6-4-5-7-21(20)12-19/h14-15,19-21,27,30H,4-13H2,1-3H3/b22-16+,24-23+,25-14+,26-15+. The van der Waals surface area contributed by atoms with Gasteiger partial charge in [-0.25, -0.2) is 0 Å². The highest BCUT2D eigenvalue weighted by molar-refractivity contribution is 6.13. The molecular weight excluding hydrogens is 380 g/mol. The van der Waals surface area contributed by atoms with Crippen LogP contribution < -0.4 is 0 Å². The van der Waals surface area contributed by atoms with Crippen molar-refractivity contribution in [3.8, 4) is 0 Å². The number of aliphatic imine (C=N–C) groups is 2. The molecule has 2 saturated carbocycles. The van der Waals surface area contributed by atoms with E-state index < -0.39 is 0 Å². The average molecular weight is 417 g/mol. The molecule has 2 aliphatic carbocycles. The Bertz CT molecular complexity index is 744. The van der Waals surface area contributed by atoms with Crippen LogP contribution in [-0.2, 0) is 9.59 Å². The third-order valence-corrected chi connectivity index (χ3v) is 6.39. The predicted octanol–water partition coefficient (Wildman–Crippen LogP) is 4.95. The van der Waals surface area contributed by atoms with Crippen LogP contribution in [0.4, 0.5) is 0 Å². The summed E-state index contributed by atoms with van der Waals surface area (Å²) in [7, 11) is 0. The number of ketones is 2. The highest BCUT2D eigenvalue weighted by atomic mass is 16.3. The summed E-state index contributed by atoms with van der Waals surface area (Å²) in [5, 5.41) is 20.0. The summed E-state index contributed by atoms with van der Waals surface area (Å²) in [5.41, 5.74) is 0.453. The number of allylic oxidation sites excluding steroid dienone is 4. The van der Waals surface area contributed by atoms with Gasteiger partial charge in [0.25, 0.3) is 0 Å². The van der Waals surface area contributed by atoms with E-state index in [0.29, 0.717) is 25.4 Å². The van der Waals surface area contributed by atoms with Crippen molar-refractivity contribution < 1.29 is 19.8 Å². The molecule has 2 N–H and O–H groups in total. The Hall–Kier alpha value is -2.24. The first-order valence-corrected chi connectivity index (χ1v) is 11.1. The molecule has 6 heteroatoms. The van der Waals surface area contributed by atoms with Crippen LogP contribution in [0, 0.1) is 17.8 Å². The number of rotatable bonds is 9. The summed E-state index contributed by atoms with van der Waals surface area (Å²) in [4.78, 5) is 31.7. The van der Waals surface area contributed by atoms with E-state index in [1.54, 1.807) is 0 Å². The molecule has 0 aromatic carbocycles. The Morgan fingerprint density at radius 2 is 1.40 bits per heavy atom. The molecule has 0 aromatic heterocycles. The predicted molar refractivity (Wildman–Crippen MR) is 120 cm³/mol. The van der Waals surface area contributed by atoms with Crippen molar-refractivity contribution in [2.75, 3.05) is 13.1 Å². The Morgan fingerprint density at radius 3 is 1.97 bits per heavy atom. The number of aliphatic hydroxyl groups excluding tert-OH is 2. The van der Waals surface area contributed by atoms with E-state index in [1.165, 1.54) is 65.3 Å². The fraction of sp³-hybridized carbons (Fsp3) is 0.667. The van der Waals surface area contributed by atoms with E-state index in [4.69, 9.17) is 0 Å². The molecule has 2 rings (SSSR count). The summed E-state index contributed by atoms with van der Waals surface area (Å²) < 4.78 is 0. The number of carbonyl (C=O) groups is 2. The van der Waals surface area contributed by atoms with E-state index >= 15 is 0 Å². The molecule has 0 radical (unpaired) electrons. The van der Waals surface area contributed by atoms with Crippen LogP contribution in [0.1, 0.15) is 72.1 Å². The van der Waals surface area contributed by atoms with Gasteiger partial charge in [0.1, 0.15) is 11.5 Å². The zero-order valence-electron chi connectivity index (χ0n) is 18.6. The Kier molecular flexibility index (Phi) is 9.47. The number of nitrogens with zero attached hydrogens (tertiary/aromatic N) is 2. The van der Waals surface area contributed by atoms with Crippen molar-refractivity contribution in [1.29, 1.82) is 0 Å². The van der Waals surface area contributed by atoms with Gasteiger partial charge in [-0.05, 0) is 57.8 Å². The lowest BCUT2D eigenvalue weighted by Crippen LogP contribution is -2.28. The third-order valence-electron chi connectivity index (χ3n) is 6.39. The first kappa shape index (κ1) is 24.0. The highest BCUT2D eigenvalue weighted by Gasteiger charge is 2.32. The second-order valence-electron chi connectivity index (χ2n) is 8.73. The number of carbonyl (C=O) groups excluding carboxylic acids is 2. The van der Waals surface area contributed by atoms with Gasteiger partial charge in [-0.2, -0.15) is 0 Å². The molecule has 30 heavy (non-hydrogen) atoms. The number of aliphatic hydroxyl groups is 2. The summed E-state index contributed by atoms with van der Waals surface area (Å²) in [6, 6.07) is 0. The fourth-order valence-corrected chi connectivity index (χ4v) is 4.77. The van der Waals surface area contributed by atoms with Gasteiger partial charge in [-0.1, -0.05) is 25.7 Å². The van der Waals surface area contributed by atoms with Crippen molar-refractivity contribution >= 4 is 24.0 Å². The normalized spacial score (nSPS) is 26.3. The Morgan fingerprint density at radius 1 is 0.833 bits per heavy atom. The van der Waals surface area contributed by atoms with Crippen LogP contribution in [0.15, 0.2) is 32.6 Å². The zero-order valence-corrected chi connectivity index (χ0v) is 18.6. The van der Waals surface area contributed by atoms with Crippen molar-refractivity contribution in [2.24, 2.45) is 27.7 Å². The second kappa shape index (κ2) is 11.8. The molecular formula is C24H36N2O4. The molecule has 0 aliphatic heterocycles. The van der Waals surface area contributed by atoms with Crippen LogP contribution in [0.2, 0.25) is 0 Å². The third kappa shape index (κ3) is 7.22. The number of hydrogen-bond donors (Lipinski definition) is 2. The summed E-state index contributed by atoms with van der Waals surface area (Å²) in [5.74, 6) is 1.73. The molecule has 3 unspecified atom stereocenters. The average Bonchev–Trinajstić information content (AvgIpc) is 2.68. The largest absolute Gasteiger partial charge is 0.512 e. The van der Waals surface area contributed by atoms with Crippen LogP contribution in [-0.4, -0.2) is 47.3 Å². The monoisotopic (exact) mass is 416 g/mol. The molecule has 0 amide bonds.